The summed E-state index contributed by atoms with van der Waals surface area (Å²) >= 11 is 0. The summed E-state index contributed by atoms with van der Waals surface area (Å²) in [5.41, 5.74) is 1.80. The van der Waals surface area contributed by atoms with Gasteiger partial charge in [-0.1, -0.05) is 26.0 Å². The van der Waals surface area contributed by atoms with Crippen molar-refractivity contribution in [3.05, 3.63) is 29.8 Å². The maximum absolute atomic E-state index is 11.1. The van der Waals surface area contributed by atoms with Crippen molar-refractivity contribution >= 4 is 17.7 Å². The molecule has 0 heterocycles. The maximum atomic E-state index is 11.1. The number of carbonyl (C=O) groups excluding carboxylic acids is 1. The highest BCUT2D eigenvalue weighted by Gasteiger charge is 2.02. The predicted molar refractivity (Wildman–Crippen MR) is 85.5 cm³/mol. The first-order chi connectivity index (χ1) is 10.0. The van der Waals surface area contributed by atoms with Gasteiger partial charge in [0.15, 0.2) is 5.96 Å². The Morgan fingerprint density at radius 3 is 2.43 bits per heavy atom. The standard InChI is InChI=1S/C15H24N4O2/c1-11(2)9-17-14(16-3)18-10-12-5-7-13(8-6-12)19-15(20)21-4/h5-8,11H,9-10H2,1-4H3,(H,19,20)(H2,16,17,18). The van der Waals surface area contributed by atoms with Crippen LogP contribution in [0.5, 0.6) is 0 Å². The summed E-state index contributed by atoms with van der Waals surface area (Å²) in [6, 6.07) is 7.54. The molecule has 0 unspecified atom stereocenters. The van der Waals surface area contributed by atoms with Gasteiger partial charge >= 0.3 is 6.09 Å². The first-order valence-corrected chi connectivity index (χ1v) is 6.93. The number of amides is 1. The van der Waals surface area contributed by atoms with E-state index in [-0.39, 0.29) is 0 Å². The van der Waals surface area contributed by atoms with Crippen LogP contribution in [0.3, 0.4) is 0 Å². The zero-order chi connectivity index (χ0) is 15.7. The van der Waals surface area contributed by atoms with Crippen LogP contribution in [0, 0.1) is 5.92 Å². The van der Waals surface area contributed by atoms with Gasteiger partial charge in [-0.15, -0.1) is 0 Å². The molecule has 3 N–H and O–H groups in total. The molecule has 1 amide bonds. The maximum Gasteiger partial charge on any atom is 0.411 e. The number of carbonyl (C=O) groups is 1. The van der Waals surface area contributed by atoms with Crippen molar-refractivity contribution in [2.45, 2.75) is 20.4 Å². The van der Waals surface area contributed by atoms with Gasteiger partial charge in [0.25, 0.3) is 0 Å². The minimum absolute atomic E-state index is 0.473. The second kappa shape index (κ2) is 8.84. The number of nitrogens with one attached hydrogen (secondary N) is 3. The fourth-order valence-corrected chi connectivity index (χ4v) is 1.58. The molecule has 0 aliphatic rings. The van der Waals surface area contributed by atoms with Crippen LogP contribution in [0.1, 0.15) is 19.4 Å². The number of methoxy groups -OCH3 is 1. The number of aliphatic imine (C=N–C) groups is 1. The van der Waals surface area contributed by atoms with E-state index in [2.05, 4.69) is 39.5 Å². The van der Waals surface area contributed by atoms with Crippen LogP contribution in [0.25, 0.3) is 0 Å². The molecule has 0 saturated carbocycles. The predicted octanol–water partition coefficient (Wildman–Crippen LogP) is 2.19. The first kappa shape index (κ1) is 16.8. The SMILES string of the molecule is CN=C(NCc1ccc(NC(=O)OC)cc1)NCC(C)C. The highest BCUT2D eigenvalue weighted by Crippen LogP contribution is 2.09. The number of hydrogen-bond donors (Lipinski definition) is 3. The average Bonchev–Trinajstić information content (AvgIpc) is 2.48. The van der Waals surface area contributed by atoms with Gasteiger partial charge in [-0.25, -0.2) is 4.79 Å². The van der Waals surface area contributed by atoms with E-state index >= 15 is 0 Å². The Morgan fingerprint density at radius 2 is 1.90 bits per heavy atom. The average molecular weight is 292 g/mol. The summed E-state index contributed by atoms with van der Waals surface area (Å²) in [6.07, 6.45) is -0.473. The van der Waals surface area contributed by atoms with Crippen LogP contribution in [-0.4, -0.2) is 32.8 Å². The molecule has 1 rings (SSSR count). The van der Waals surface area contributed by atoms with Crippen LogP contribution in [0.15, 0.2) is 29.3 Å². The molecular weight excluding hydrogens is 268 g/mol. The molecule has 0 saturated heterocycles. The van der Waals surface area contributed by atoms with Crippen molar-refractivity contribution in [1.29, 1.82) is 0 Å². The Bertz CT molecular complexity index is 469. The molecule has 6 nitrogen and oxygen atoms in total. The van der Waals surface area contributed by atoms with Crippen LogP contribution in [-0.2, 0) is 11.3 Å². The van der Waals surface area contributed by atoms with E-state index in [0.717, 1.165) is 18.1 Å². The summed E-state index contributed by atoms with van der Waals surface area (Å²) in [7, 11) is 3.09. The van der Waals surface area contributed by atoms with Gasteiger partial charge in [-0.3, -0.25) is 10.3 Å². The van der Waals surface area contributed by atoms with Crippen molar-refractivity contribution in [1.82, 2.24) is 10.6 Å². The van der Waals surface area contributed by atoms with E-state index in [1.54, 1.807) is 7.05 Å². The minimum Gasteiger partial charge on any atom is -0.453 e. The molecule has 116 valence electrons. The number of nitrogens with zero attached hydrogens (tertiary/aromatic N) is 1. The third kappa shape index (κ3) is 6.65. The Kier molecular flexibility index (Phi) is 7.08. The highest BCUT2D eigenvalue weighted by atomic mass is 16.5. The fourth-order valence-electron chi connectivity index (χ4n) is 1.58. The van der Waals surface area contributed by atoms with Crippen molar-refractivity contribution in [2.75, 3.05) is 26.0 Å². The van der Waals surface area contributed by atoms with Crippen LogP contribution in [0.4, 0.5) is 10.5 Å². The molecule has 21 heavy (non-hydrogen) atoms. The smallest absolute Gasteiger partial charge is 0.411 e. The van der Waals surface area contributed by atoms with Gasteiger partial charge in [0, 0.05) is 25.8 Å². The molecule has 0 aliphatic heterocycles. The van der Waals surface area contributed by atoms with Gasteiger partial charge < -0.3 is 15.4 Å². The van der Waals surface area contributed by atoms with E-state index in [0.29, 0.717) is 18.2 Å². The van der Waals surface area contributed by atoms with Gasteiger partial charge in [-0.05, 0) is 23.6 Å². The van der Waals surface area contributed by atoms with Gasteiger partial charge in [0.05, 0.1) is 7.11 Å². The number of guanidine groups is 1. The highest BCUT2D eigenvalue weighted by molar-refractivity contribution is 5.84. The first-order valence-electron chi connectivity index (χ1n) is 6.93. The summed E-state index contributed by atoms with van der Waals surface area (Å²) in [5, 5.41) is 9.10. The summed E-state index contributed by atoms with van der Waals surface area (Å²) in [4.78, 5) is 15.2. The lowest BCUT2D eigenvalue weighted by Gasteiger charge is -2.13. The molecule has 0 aromatic heterocycles. The van der Waals surface area contributed by atoms with Crippen molar-refractivity contribution < 1.29 is 9.53 Å². The van der Waals surface area contributed by atoms with E-state index in [9.17, 15) is 4.79 Å². The number of rotatable bonds is 5. The minimum atomic E-state index is -0.473. The summed E-state index contributed by atoms with van der Waals surface area (Å²) in [5.74, 6) is 1.34. The molecule has 0 fully saturated rings. The largest absolute Gasteiger partial charge is 0.453 e. The molecule has 0 aliphatic carbocycles. The number of ether oxygens (including phenoxy) is 1. The Morgan fingerprint density at radius 1 is 1.24 bits per heavy atom. The Hall–Kier alpha value is -2.24. The van der Waals surface area contributed by atoms with Gasteiger partial charge in [0.1, 0.15) is 0 Å². The van der Waals surface area contributed by atoms with Crippen LogP contribution < -0.4 is 16.0 Å². The van der Waals surface area contributed by atoms with Crippen molar-refractivity contribution in [3.63, 3.8) is 0 Å². The van der Waals surface area contributed by atoms with E-state index < -0.39 is 6.09 Å². The normalized spacial score (nSPS) is 11.2. The molecule has 0 radical (unpaired) electrons. The van der Waals surface area contributed by atoms with E-state index in [1.165, 1.54) is 7.11 Å². The van der Waals surface area contributed by atoms with E-state index in [4.69, 9.17) is 0 Å². The van der Waals surface area contributed by atoms with Gasteiger partial charge in [-0.2, -0.15) is 0 Å². The Balaban J connectivity index is 2.46. The zero-order valence-electron chi connectivity index (χ0n) is 13.1. The third-order valence-corrected chi connectivity index (χ3v) is 2.75. The Labute approximate surface area is 126 Å². The monoisotopic (exact) mass is 292 g/mol. The summed E-state index contributed by atoms with van der Waals surface area (Å²) < 4.78 is 4.54. The fraction of sp³-hybridized carbons (Fsp3) is 0.467. The molecule has 1 aromatic rings. The number of anilines is 1. The zero-order valence-corrected chi connectivity index (χ0v) is 13.1. The molecule has 0 atom stereocenters. The molecule has 0 spiro atoms. The third-order valence-electron chi connectivity index (χ3n) is 2.75. The number of hydrogen-bond acceptors (Lipinski definition) is 3. The quantitative estimate of drug-likeness (QED) is 0.574. The lowest BCUT2D eigenvalue weighted by molar-refractivity contribution is 0.187. The van der Waals surface area contributed by atoms with Crippen molar-refractivity contribution in [2.24, 2.45) is 10.9 Å². The molecule has 1 aromatic carbocycles. The van der Waals surface area contributed by atoms with Gasteiger partial charge in [0.2, 0.25) is 0 Å². The van der Waals surface area contributed by atoms with Crippen LogP contribution >= 0.6 is 0 Å². The van der Waals surface area contributed by atoms with Crippen molar-refractivity contribution in [3.8, 4) is 0 Å². The lowest BCUT2D eigenvalue weighted by Crippen LogP contribution is -2.38. The summed E-state index contributed by atoms with van der Waals surface area (Å²) in [6.45, 7) is 5.83. The topological polar surface area (TPSA) is 74.8 Å². The number of benzene rings is 1. The molecule has 6 heteroatoms. The second-order valence-electron chi connectivity index (χ2n) is 5.01. The van der Waals surface area contributed by atoms with E-state index in [1.807, 2.05) is 24.3 Å². The second-order valence-corrected chi connectivity index (χ2v) is 5.01. The van der Waals surface area contributed by atoms with Crippen LogP contribution in [0.2, 0.25) is 0 Å². The molecule has 0 bridgehead atoms. The molecular formula is C15H24N4O2. The lowest BCUT2D eigenvalue weighted by atomic mass is 10.2.